The molecule has 3 N–H and O–H groups in total. The second-order valence-electron chi connectivity index (χ2n) is 4.57. The Kier molecular flexibility index (Phi) is 5.24. The van der Waals surface area contributed by atoms with Crippen LogP contribution in [0.4, 0.5) is 14.5 Å². The maximum atomic E-state index is 13.8. The van der Waals surface area contributed by atoms with Crippen LogP contribution in [0.3, 0.4) is 0 Å². The third kappa shape index (κ3) is 3.48. The predicted molar refractivity (Wildman–Crippen MR) is 73.8 cm³/mol. The van der Waals surface area contributed by atoms with E-state index in [4.69, 9.17) is 5.73 Å². The van der Waals surface area contributed by atoms with E-state index in [1.807, 2.05) is 0 Å². The Hall–Kier alpha value is -1.74. The summed E-state index contributed by atoms with van der Waals surface area (Å²) in [6.07, 6.45) is 0. The lowest BCUT2D eigenvalue weighted by Crippen LogP contribution is -2.37. The fourth-order valence-corrected chi connectivity index (χ4v) is 3.06. The molecule has 0 aliphatic heterocycles. The van der Waals surface area contributed by atoms with Crippen LogP contribution < -0.4 is 11.1 Å². The van der Waals surface area contributed by atoms with Crippen molar-refractivity contribution in [3.8, 4) is 0 Å². The van der Waals surface area contributed by atoms with Crippen LogP contribution in [-0.4, -0.2) is 39.3 Å². The molecule has 0 aromatic heterocycles. The van der Waals surface area contributed by atoms with E-state index in [0.717, 1.165) is 16.4 Å². The van der Waals surface area contributed by atoms with E-state index in [0.29, 0.717) is 0 Å². The van der Waals surface area contributed by atoms with Gasteiger partial charge in [-0.05, 0) is 12.1 Å². The molecule has 118 valence electrons. The summed E-state index contributed by atoms with van der Waals surface area (Å²) < 4.78 is 52.2. The van der Waals surface area contributed by atoms with Gasteiger partial charge in [0.1, 0.15) is 16.4 Å². The van der Waals surface area contributed by atoms with Crippen LogP contribution in [-0.2, 0) is 14.8 Å². The molecule has 1 unspecified atom stereocenters. The summed E-state index contributed by atoms with van der Waals surface area (Å²) >= 11 is 0. The first-order valence-electron chi connectivity index (χ1n) is 6.04. The highest BCUT2D eigenvalue weighted by molar-refractivity contribution is 7.89. The minimum atomic E-state index is -4.21. The van der Waals surface area contributed by atoms with Crippen molar-refractivity contribution in [1.82, 2.24) is 9.62 Å². The van der Waals surface area contributed by atoms with Crippen molar-refractivity contribution in [3.63, 3.8) is 0 Å². The molecule has 6 nitrogen and oxygen atoms in total. The number of amides is 1. The number of carbonyl (C=O) groups is 1. The topological polar surface area (TPSA) is 92.5 Å². The molecule has 1 atom stereocenters. The number of hydrogen-bond acceptors (Lipinski definition) is 4. The molecule has 0 fully saturated rings. The first kappa shape index (κ1) is 17.3. The van der Waals surface area contributed by atoms with Gasteiger partial charge < -0.3 is 11.1 Å². The summed E-state index contributed by atoms with van der Waals surface area (Å²) in [6.45, 7) is 1.37. The monoisotopic (exact) mass is 321 g/mol. The number of benzene rings is 1. The Morgan fingerprint density at radius 1 is 1.43 bits per heavy atom. The van der Waals surface area contributed by atoms with Gasteiger partial charge in [0, 0.05) is 26.6 Å². The maximum absolute atomic E-state index is 13.8. The van der Waals surface area contributed by atoms with Gasteiger partial charge >= 0.3 is 0 Å². The fraction of sp³-hybridized carbons (Fsp3) is 0.417. The van der Waals surface area contributed by atoms with Crippen LogP contribution in [0.25, 0.3) is 0 Å². The Morgan fingerprint density at radius 3 is 2.52 bits per heavy atom. The van der Waals surface area contributed by atoms with Gasteiger partial charge in [-0.1, -0.05) is 6.92 Å². The molecule has 0 heterocycles. The largest absolute Gasteiger partial charge is 0.394 e. The van der Waals surface area contributed by atoms with Crippen molar-refractivity contribution >= 4 is 21.6 Å². The molecule has 0 bridgehead atoms. The molecule has 9 heteroatoms. The zero-order valence-electron chi connectivity index (χ0n) is 11.9. The Labute approximate surface area is 122 Å². The van der Waals surface area contributed by atoms with E-state index < -0.39 is 38.2 Å². The van der Waals surface area contributed by atoms with Crippen LogP contribution in [0.1, 0.15) is 6.92 Å². The molecular formula is C12H17F2N3O3S. The number of nitrogens with two attached hydrogens (primary N) is 1. The average molecular weight is 321 g/mol. The van der Waals surface area contributed by atoms with Gasteiger partial charge in [-0.2, -0.15) is 0 Å². The summed E-state index contributed by atoms with van der Waals surface area (Å²) in [5, 5.41) is 2.39. The normalized spacial score (nSPS) is 13.2. The standard InChI is InChI=1S/C12H17F2N3O3S/c1-7(12(18)16-2)6-17(3)21(19,20)9-5-4-8(13)11(15)10(9)14/h4-5,7H,6,15H2,1-3H3,(H,16,18). The van der Waals surface area contributed by atoms with Gasteiger partial charge in [0.05, 0.1) is 0 Å². The van der Waals surface area contributed by atoms with Gasteiger partial charge in [0.15, 0.2) is 5.82 Å². The highest BCUT2D eigenvalue weighted by Crippen LogP contribution is 2.25. The first-order valence-corrected chi connectivity index (χ1v) is 7.48. The molecule has 1 amide bonds. The van der Waals surface area contributed by atoms with E-state index in [-0.39, 0.29) is 12.5 Å². The highest BCUT2D eigenvalue weighted by atomic mass is 32.2. The number of carbonyl (C=O) groups excluding carboxylic acids is 1. The quantitative estimate of drug-likeness (QED) is 0.775. The lowest BCUT2D eigenvalue weighted by Gasteiger charge is -2.21. The summed E-state index contributed by atoms with van der Waals surface area (Å²) in [7, 11) is -1.59. The molecule has 1 aromatic carbocycles. The smallest absolute Gasteiger partial charge is 0.245 e. The van der Waals surface area contributed by atoms with E-state index >= 15 is 0 Å². The van der Waals surface area contributed by atoms with Crippen LogP contribution in [0.15, 0.2) is 17.0 Å². The number of halogens is 2. The average Bonchev–Trinajstić information content (AvgIpc) is 2.43. The second kappa shape index (κ2) is 6.35. The third-order valence-electron chi connectivity index (χ3n) is 3.00. The van der Waals surface area contributed by atoms with Gasteiger partial charge in [-0.25, -0.2) is 21.5 Å². The fourth-order valence-electron chi connectivity index (χ4n) is 1.73. The van der Waals surface area contributed by atoms with Gasteiger partial charge in [0.25, 0.3) is 0 Å². The van der Waals surface area contributed by atoms with Crippen molar-refractivity contribution in [2.24, 2.45) is 5.92 Å². The minimum absolute atomic E-state index is 0.154. The van der Waals surface area contributed by atoms with Gasteiger partial charge in [-0.15, -0.1) is 0 Å². The van der Waals surface area contributed by atoms with Crippen molar-refractivity contribution in [2.45, 2.75) is 11.8 Å². The highest BCUT2D eigenvalue weighted by Gasteiger charge is 2.28. The molecule has 0 radical (unpaired) electrons. The molecule has 0 spiro atoms. The number of nitrogens with zero attached hydrogens (tertiary/aromatic N) is 1. The minimum Gasteiger partial charge on any atom is -0.394 e. The maximum Gasteiger partial charge on any atom is 0.245 e. The summed E-state index contributed by atoms with van der Waals surface area (Å²) in [6, 6.07) is 1.58. The van der Waals surface area contributed by atoms with E-state index in [1.54, 1.807) is 0 Å². The number of anilines is 1. The molecule has 0 saturated carbocycles. The summed E-state index contributed by atoms with van der Waals surface area (Å²) in [5.41, 5.74) is 4.30. The Bertz CT molecular complexity index is 649. The molecular weight excluding hydrogens is 304 g/mol. The lowest BCUT2D eigenvalue weighted by molar-refractivity contribution is -0.124. The Morgan fingerprint density at radius 2 is 2.00 bits per heavy atom. The number of nitrogens with one attached hydrogen (secondary N) is 1. The van der Waals surface area contributed by atoms with Crippen molar-refractivity contribution in [1.29, 1.82) is 0 Å². The third-order valence-corrected chi connectivity index (χ3v) is 4.85. The van der Waals surface area contributed by atoms with Crippen LogP contribution in [0.5, 0.6) is 0 Å². The van der Waals surface area contributed by atoms with E-state index in [1.165, 1.54) is 21.0 Å². The van der Waals surface area contributed by atoms with Crippen molar-refractivity contribution < 1.29 is 22.0 Å². The van der Waals surface area contributed by atoms with Crippen LogP contribution >= 0.6 is 0 Å². The van der Waals surface area contributed by atoms with Gasteiger partial charge in [-0.3, -0.25) is 4.79 Å². The van der Waals surface area contributed by atoms with E-state index in [2.05, 4.69) is 5.32 Å². The predicted octanol–water partition coefficient (Wildman–Crippen LogP) is 0.550. The second-order valence-corrected chi connectivity index (χ2v) is 6.59. The summed E-state index contributed by atoms with van der Waals surface area (Å²) in [4.78, 5) is 10.7. The first-order chi connectivity index (χ1) is 9.62. The number of hydrogen-bond donors (Lipinski definition) is 2. The van der Waals surface area contributed by atoms with Crippen LogP contribution in [0, 0.1) is 17.6 Å². The van der Waals surface area contributed by atoms with Crippen molar-refractivity contribution in [2.75, 3.05) is 26.4 Å². The summed E-state index contributed by atoms with van der Waals surface area (Å²) in [5.74, 6) is -3.35. The Balaban J connectivity index is 3.12. The zero-order chi connectivity index (χ0) is 16.4. The van der Waals surface area contributed by atoms with Crippen molar-refractivity contribution in [3.05, 3.63) is 23.8 Å². The lowest BCUT2D eigenvalue weighted by atomic mass is 10.2. The SMILES string of the molecule is CNC(=O)C(C)CN(C)S(=O)(=O)c1ccc(F)c(N)c1F. The molecule has 21 heavy (non-hydrogen) atoms. The number of nitrogen functional groups attached to an aromatic ring is 1. The molecule has 1 aromatic rings. The number of sulfonamides is 1. The van der Waals surface area contributed by atoms with Crippen LogP contribution in [0.2, 0.25) is 0 Å². The van der Waals surface area contributed by atoms with E-state index in [9.17, 15) is 22.0 Å². The molecule has 0 saturated heterocycles. The molecule has 0 aliphatic rings. The number of rotatable bonds is 5. The molecule has 1 rings (SSSR count). The zero-order valence-corrected chi connectivity index (χ0v) is 12.7. The molecule has 0 aliphatic carbocycles. The van der Waals surface area contributed by atoms with Gasteiger partial charge in [0.2, 0.25) is 15.9 Å².